The molecule has 6 nitrogen and oxygen atoms in total. The largest absolute Gasteiger partial charge is 0.497 e. The van der Waals surface area contributed by atoms with Crippen molar-refractivity contribution in [2.24, 2.45) is 5.73 Å². The van der Waals surface area contributed by atoms with Crippen molar-refractivity contribution in [1.82, 2.24) is 0 Å². The molecule has 0 saturated carbocycles. The fraction of sp³-hybridized carbons (Fsp3) is 0.533. The van der Waals surface area contributed by atoms with E-state index in [-0.39, 0.29) is 5.84 Å². The highest BCUT2D eigenvalue weighted by Gasteiger charge is 2.31. The molecule has 0 amide bonds. The van der Waals surface area contributed by atoms with Crippen molar-refractivity contribution in [3.05, 3.63) is 23.8 Å². The van der Waals surface area contributed by atoms with Gasteiger partial charge in [-0.05, 0) is 12.1 Å². The summed E-state index contributed by atoms with van der Waals surface area (Å²) in [6, 6.07) is 5.37. The van der Waals surface area contributed by atoms with Crippen molar-refractivity contribution < 1.29 is 14.6 Å². The van der Waals surface area contributed by atoms with E-state index in [2.05, 4.69) is 0 Å². The van der Waals surface area contributed by atoms with Crippen LogP contribution in [-0.4, -0.2) is 50.5 Å². The first kappa shape index (κ1) is 15.6. The molecule has 4 N–H and O–H groups in total. The summed E-state index contributed by atoms with van der Waals surface area (Å²) in [5.74, 6) is 0.694. The van der Waals surface area contributed by atoms with Crippen LogP contribution in [-0.2, 0) is 4.74 Å². The SMILES string of the molecule is COc1ccc(C(=N)N)c(N(C)CC2(O)CCOCC2)c1. The molecule has 0 aliphatic carbocycles. The Kier molecular flexibility index (Phi) is 4.69. The molecule has 2 rings (SSSR count). The third-order valence-corrected chi connectivity index (χ3v) is 3.86. The van der Waals surface area contributed by atoms with Crippen LogP contribution < -0.4 is 15.4 Å². The van der Waals surface area contributed by atoms with Crippen LogP contribution in [0.2, 0.25) is 0 Å². The van der Waals surface area contributed by atoms with Crippen LogP contribution in [0.15, 0.2) is 18.2 Å². The smallest absolute Gasteiger partial charge is 0.124 e. The maximum atomic E-state index is 10.6. The lowest BCUT2D eigenvalue weighted by atomic mass is 9.93. The number of likely N-dealkylation sites (N-methyl/N-ethyl adjacent to an activating group) is 1. The molecular weight excluding hydrogens is 270 g/mol. The lowest BCUT2D eigenvalue weighted by Crippen LogP contribution is -2.46. The summed E-state index contributed by atoms with van der Waals surface area (Å²) in [6.07, 6.45) is 1.22. The van der Waals surface area contributed by atoms with E-state index in [1.165, 1.54) is 0 Å². The number of nitrogens with zero attached hydrogens (tertiary/aromatic N) is 1. The summed E-state index contributed by atoms with van der Waals surface area (Å²) in [7, 11) is 3.48. The minimum atomic E-state index is -0.774. The van der Waals surface area contributed by atoms with E-state index < -0.39 is 5.60 Å². The number of hydrogen-bond donors (Lipinski definition) is 3. The number of rotatable bonds is 5. The van der Waals surface area contributed by atoms with Gasteiger partial charge >= 0.3 is 0 Å². The van der Waals surface area contributed by atoms with Gasteiger partial charge in [0.2, 0.25) is 0 Å². The predicted molar refractivity (Wildman–Crippen MR) is 82.3 cm³/mol. The first-order valence-corrected chi connectivity index (χ1v) is 6.99. The monoisotopic (exact) mass is 293 g/mol. The summed E-state index contributed by atoms with van der Waals surface area (Å²) >= 11 is 0. The van der Waals surface area contributed by atoms with Crippen LogP contribution in [0.25, 0.3) is 0 Å². The Morgan fingerprint density at radius 2 is 2.14 bits per heavy atom. The van der Waals surface area contributed by atoms with Gasteiger partial charge in [-0.25, -0.2) is 0 Å². The molecule has 1 aromatic carbocycles. The zero-order valence-corrected chi connectivity index (χ0v) is 12.6. The predicted octanol–water partition coefficient (Wildman–Crippen LogP) is 0.957. The second kappa shape index (κ2) is 6.32. The van der Waals surface area contributed by atoms with E-state index in [1.54, 1.807) is 19.2 Å². The fourth-order valence-corrected chi connectivity index (χ4v) is 2.62. The summed E-state index contributed by atoms with van der Waals surface area (Å²) in [5.41, 5.74) is 6.28. The molecule has 6 heteroatoms. The van der Waals surface area contributed by atoms with Crippen molar-refractivity contribution in [2.75, 3.05) is 38.8 Å². The van der Waals surface area contributed by atoms with Crippen molar-refractivity contribution in [3.8, 4) is 5.75 Å². The molecule has 0 radical (unpaired) electrons. The molecule has 1 aliphatic rings. The summed E-state index contributed by atoms with van der Waals surface area (Å²) in [6.45, 7) is 1.61. The highest BCUT2D eigenvalue weighted by Crippen LogP contribution is 2.29. The van der Waals surface area contributed by atoms with E-state index in [0.29, 0.717) is 43.9 Å². The van der Waals surface area contributed by atoms with Gasteiger partial charge in [-0.1, -0.05) is 0 Å². The van der Waals surface area contributed by atoms with Crippen LogP contribution in [0.1, 0.15) is 18.4 Å². The maximum absolute atomic E-state index is 10.6. The summed E-state index contributed by atoms with van der Waals surface area (Å²) in [5, 5.41) is 18.3. The summed E-state index contributed by atoms with van der Waals surface area (Å²) in [4.78, 5) is 1.92. The van der Waals surface area contributed by atoms with Crippen molar-refractivity contribution in [3.63, 3.8) is 0 Å². The Morgan fingerprint density at radius 3 is 2.71 bits per heavy atom. The molecule has 0 unspecified atom stereocenters. The van der Waals surface area contributed by atoms with Gasteiger partial charge in [0, 0.05) is 51.3 Å². The summed E-state index contributed by atoms with van der Waals surface area (Å²) < 4.78 is 10.5. The highest BCUT2D eigenvalue weighted by molar-refractivity contribution is 6.00. The van der Waals surface area contributed by atoms with Gasteiger partial charge in [0.15, 0.2) is 0 Å². The standard InChI is InChI=1S/C15H23N3O3/c1-18(10-15(19)5-7-21-8-6-15)13-9-11(20-2)3-4-12(13)14(16)17/h3-4,9,19H,5-8,10H2,1-2H3,(H3,16,17). The second-order valence-electron chi connectivity index (χ2n) is 5.49. The van der Waals surface area contributed by atoms with Gasteiger partial charge in [0.25, 0.3) is 0 Å². The fourth-order valence-electron chi connectivity index (χ4n) is 2.62. The van der Waals surface area contributed by atoms with E-state index in [1.807, 2.05) is 18.0 Å². The van der Waals surface area contributed by atoms with Crippen LogP contribution in [0.5, 0.6) is 5.75 Å². The molecule has 0 bridgehead atoms. The van der Waals surface area contributed by atoms with E-state index >= 15 is 0 Å². The van der Waals surface area contributed by atoms with Gasteiger partial charge in [-0.3, -0.25) is 5.41 Å². The van der Waals surface area contributed by atoms with E-state index in [4.69, 9.17) is 20.6 Å². The number of hydrogen-bond acceptors (Lipinski definition) is 5. The van der Waals surface area contributed by atoms with Gasteiger partial charge in [0.05, 0.1) is 18.4 Å². The number of aliphatic hydroxyl groups is 1. The third kappa shape index (κ3) is 3.65. The van der Waals surface area contributed by atoms with Crippen LogP contribution >= 0.6 is 0 Å². The zero-order chi connectivity index (χ0) is 15.5. The Hall–Kier alpha value is -1.79. The van der Waals surface area contributed by atoms with Gasteiger partial charge in [-0.2, -0.15) is 0 Å². The number of anilines is 1. The Labute approximate surface area is 125 Å². The molecule has 21 heavy (non-hydrogen) atoms. The van der Waals surface area contributed by atoms with Crippen LogP contribution in [0.3, 0.4) is 0 Å². The molecule has 0 spiro atoms. The molecule has 1 fully saturated rings. The van der Waals surface area contributed by atoms with Crippen molar-refractivity contribution in [1.29, 1.82) is 5.41 Å². The topological polar surface area (TPSA) is 91.8 Å². The number of ether oxygens (including phenoxy) is 2. The highest BCUT2D eigenvalue weighted by atomic mass is 16.5. The normalized spacial score (nSPS) is 17.3. The lowest BCUT2D eigenvalue weighted by Gasteiger charge is -2.36. The second-order valence-corrected chi connectivity index (χ2v) is 5.49. The minimum Gasteiger partial charge on any atom is -0.497 e. The Balaban J connectivity index is 2.24. The molecule has 116 valence electrons. The zero-order valence-electron chi connectivity index (χ0n) is 12.6. The molecule has 0 atom stereocenters. The molecule has 0 aromatic heterocycles. The third-order valence-electron chi connectivity index (χ3n) is 3.86. The van der Waals surface area contributed by atoms with E-state index in [9.17, 15) is 5.11 Å². The first-order chi connectivity index (χ1) is 9.95. The maximum Gasteiger partial charge on any atom is 0.124 e. The first-order valence-electron chi connectivity index (χ1n) is 6.99. The lowest BCUT2D eigenvalue weighted by molar-refractivity contribution is -0.0572. The number of amidine groups is 1. The molecule has 1 aliphatic heterocycles. The molecule has 1 saturated heterocycles. The molecule has 1 heterocycles. The molecule has 1 aromatic rings. The van der Waals surface area contributed by atoms with Crippen LogP contribution in [0, 0.1) is 5.41 Å². The number of methoxy groups -OCH3 is 1. The van der Waals surface area contributed by atoms with Gasteiger partial charge in [0.1, 0.15) is 11.6 Å². The average molecular weight is 293 g/mol. The van der Waals surface area contributed by atoms with Crippen LogP contribution in [0.4, 0.5) is 5.69 Å². The van der Waals surface area contributed by atoms with Gasteiger partial charge in [-0.15, -0.1) is 0 Å². The quantitative estimate of drug-likeness (QED) is 0.555. The number of benzene rings is 1. The Bertz CT molecular complexity index is 513. The number of nitrogen functional groups attached to an aromatic ring is 1. The number of nitrogens with two attached hydrogens (primary N) is 1. The van der Waals surface area contributed by atoms with Gasteiger partial charge < -0.3 is 25.2 Å². The minimum absolute atomic E-state index is 0.00142. The Morgan fingerprint density at radius 1 is 1.48 bits per heavy atom. The van der Waals surface area contributed by atoms with E-state index in [0.717, 1.165) is 5.69 Å². The number of nitrogens with one attached hydrogen (secondary N) is 1. The molecular formula is C15H23N3O3. The van der Waals surface area contributed by atoms with Crippen molar-refractivity contribution >= 4 is 11.5 Å². The average Bonchev–Trinajstić information content (AvgIpc) is 2.46. The van der Waals surface area contributed by atoms with Crippen molar-refractivity contribution in [2.45, 2.75) is 18.4 Å².